The third-order valence-electron chi connectivity index (χ3n) is 3.98. The van der Waals surface area contributed by atoms with Crippen LogP contribution in [0.1, 0.15) is 46.0 Å². The lowest BCUT2D eigenvalue weighted by molar-refractivity contribution is -0.125. The molecule has 17 heavy (non-hydrogen) atoms. The summed E-state index contributed by atoms with van der Waals surface area (Å²) >= 11 is 1.91. The number of hydrogen-bond donors (Lipinski definition) is 2. The van der Waals surface area contributed by atoms with Gasteiger partial charge in [-0.15, -0.1) is 0 Å². The molecule has 0 aromatic heterocycles. The lowest BCUT2D eigenvalue weighted by Crippen LogP contribution is -2.46. The second-order valence-corrected chi connectivity index (χ2v) is 6.59. The van der Waals surface area contributed by atoms with Crippen LogP contribution in [0.5, 0.6) is 0 Å². The zero-order valence-electron chi connectivity index (χ0n) is 11.3. The summed E-state index contributed by atoms with van der Waals surface area (Å²) in [6, 6.07) is -0.0772. The molecule has 1 amide bonds. The fraction of sp³-hybridized carbons (Fsp3) is 0.923. The zero-order valence-corrected chi connectivity index (χ0v) is 12.1. The fourth-order valence-corrected chi connectivity index (χ4v) is 3.21. The number of thioether (sulfide) groups is 1. The molecule has 0 aromatic carbocycles. The Kier molecular flexibility index (Phi) is 5.80. The molecule has 0 spiro atoms. The Hall–Kier alpha value is -0.220. The first-order valence-corrected chi connectivity index (χ1v) is 7.82. The predicted molar refractivity (Wildman–Crippen MR) is 75.2 cm³/mol. The summed E-state index contributed by atoms with van der Waals surface area (Å²) in [5.41, 5.74) is 5.74. The quantitative estimate of drug-likeness (QED) is 0.794. The summed E-state index contributed by atoms with van der Waals surface area (Å²) in [6.45, 7) is 4.58. The Balaban J connectivity index is 2.44. The average molecular weight is 258 g/mol. The summed E-state index contributed by atoms with van der Waals surface area (Å²) in [6.07, 6.45) is 8.53. The number of carbonyl (C=O) groups is 1. The minimum Gasteiger partial charge on any atom is -0.354 e. The molecular weight excluding hydrogens is 232 g/mol. The van der Waals surface area contributed by atoms with Crippen molar-refractivity contribution in [3.8, 4) is 0 Å². The largest absolute Gasteiger partial charge is 0.354 e. The maximum absolute atomic E-state index is 11.9. The van der Waals surface area contributed by atoms with Crippen LogP contribution in [0.25, 0.3) is 0 Å². The van der Waals surface area contributed by atoms with Crippen molar-refractivity contribution in [2.24, 2.45) is 11.7 Å². The van der Waals surface area contributed by atoms with E-state index in [1.807, 2.05) is 25.6 Å². The van der Waals surface area contributed by atoms with E-state index in [9.17, 15) is 4.79 Å². The zero-order chi connectivity index (χ0) is 12.9. The molecule has 1 fully saturated rings. The Morgan fingerprint density at radius 1 is 1.35 bits per heavy atom. The number of hydrogen-bond acceptors (Lipinski definition) is 3. The highest BCUT2D eigenvalue weighted by atomic mass is 32.2. The van der Waals surface area contributed by atoms with Crippen LogP contribution in [0.3, 0.4) is 0 Å². The van der Waals surface area contributed by atoms with E-state index in [-0.39, 0.29) is 22.6 Å². The Bertz CT molecular complexity index is 250. The third kappa shape index (κ3) is 4.18. The molecule has 0 radical (unpaired) electrons. The number of amides is 1. The summed E-state index contributed by atoms with van der Waals surface area (Å²) in [7, 11) is 0. The molecule has 3 nitrogen and oxygen atoms in total. The molecule has 0 aliphatic heterocycles. The molecule has 4 heteroatoms. The van der Waals surface area contributed by atoms with Gasteiger partial charge in [0, 0.05) is 23.3 Å². The number of rotatable bonds is 5. The SMILES string of the molecule is CSC1(CNC(=O)C(C)C(C)N)CCCCC1. The molecule has 2 unspecified atom stereocenters. The van der Waals surface area contributed by atoms with Crippen molar-refractivity contribution in [1.82, 2.24) is 5.32 Å². The monoisotopic (exact) mass is 258 g/mol. The summed E-state index contributed by atoms with van der Waals surface area (Å²) in [5.74, 6) is -0.00325. The standard InChI is InChI=1S/C13H26N2OS/c1-10(11(2)14)12(16)15-9-13(17-3)7-5-4-6-8-13/h10-11H,4-9,14H2,1-3H3,(H,15,16). The maximum atomic E-state index is 11.9. The Morgan fingerprint density at radius 2 is 1.94 bits per heavy atom. The van der Waals surface area contributed by atoms with E-state index in [0.29, 0.717) is 0 Å². The Morgan fingerprint density at radius 3 is 2.41 bits per heavy atom. The first-order chi connectivity index (χ1) is 8.01. The van der Waals surface area contributed by atoms with Gasteiger partial charge < -0.3 is 11.1 Å². The van der Waals surface area contributed by atoms with Crippen molar-refractivity contribution in [2.45, 2.75) is 56.7 Å². The van der Waals surface area contributed by atoms with Crippen LogP contribution in [0.15, 0.2) is 0 Å². The van der Waals surface area contributed by atoms with Crippen LogP contribution in [0.2, 0.25) is 0 Å². The highest BCUT2D eigenvalue weighted by molar-refractivity contribution is 8.00. The van der Waals surface area contributed by atoms with E-state index < -0.39 is 0 Å². The van der Waals surface area contributed by atoms with Crippen molar-refractivity contribution in [3.63, 3.8) is 0 Å². The van der Waals surface area contributed by atoms with Crippen LogP contribution in [-0.4, -0.2) is 29.5 Å². The molecule has 1 aliphatic carbocycles. The van der Waals surface area contributed by atoms with Gasteiger partial charge in [-0.1, -0.05) is 26.2 Å². The van der Waals surface area contributed by atoms with Gasteiger partial charge in [-0.2, -0.15) is 11.8 Å². The highest BCUT2D eigenvalue weighted by Crippen LogP contribution is 2.37. The minimum atomic E-state index is -0.0995. The van der Waals surface area contributed by atoms with Crippen molar-refractivity contribution in [2.75, 3.05) is 12.8 Å². The van der Waals surface area contributed by atoms with Gasteiger partial charge in [0.25, 0.3) is 0 Å². The smallest absolute Gasteiger partial charge is 0.224 e. The lowest BCUT2D eigenvalue weighted by atomic mass is 9.88. The van der Waals surface area contributed by atoms with E-state index in [4.69, 9.17) is 5.73 Å². The molecule has 1 rings (SSSR count). The molecule has 0 heterocycles. The van der Waals surface area contributed by atoms with E-state index in [2.05, 4.69) is 11.6 Å². The summed E-state index contributed by atoms with van der Waals surface area (Å²) in [5, 5.41) is 3.09. The predicted octanol–water partition coefficient (Wildman–Crippen LogP) is 2.15. The molecule has 100 valence electrons. The van der Waals surface area contributed by atoms with Gasteiger partial charge in [-0.05, 0) is 26.0 Å². The summed E-state index contributed by atoms with van der Waals surface area (Å²) in [4.78, 5) is 11.9. The van der Waals surface area contributed by atoms with Crippen molar-refractivity contribution >= 4 is 17.7 Å². The van der Waals surface area contributed by atoms with Crippen LogP contribution >= 0.6 is 11.8 Å². The van der Waals surface area contributed by atoms with Crippen LogP contribution in [0, 0.1) is 5.92 Å². The summed E-state index contributed by atoms with van der Waals surface area (Å²) < 4.78 is 0.269. The van der Waals surface area contributed by atoms with E-state index in [1.165, 1.54) is 32.1 Å². The maximum Gasteiger partial charge on any atom is 0.224 e. The normalized spacial score (nSPS) is 22.8. The molecular formula is C13H26N2OS. The van der Waals surface area contributed by atoms with Gasteiger partial charge in [0.2, 0.25) is 5.91 Å². The van der Waals surface area contributed by atoms with Gasteiger partial charge >= 0.3 is 0 Å². The Labute approximate surface area is 109 Å². The van der Waals surface area contributed by atoms with Gasteiger partial charge in [0.05, 0.1) is 0 Å². The molecule has 0 aromatic rings. The van der Waals surface area contributed by atoms with Crippen LogP contribution in [-0.2, 0) is 4.79 Å². The van der Waals surface area contributed by atoms with Gasteiger partial charge in [-0.3, -0.25) is 4.79 Å². The van der Waals surface area contributed by atoms with E-state index in [0.717, 1.165) is 6.54 Å². The van der Waals surface area contributed by atoms with Crippen LogP contribution in [0.4, 0.5) is 0 Å². The van der Waals surface area contributed by atoms with Gasteiger partial charge in [-0.25, -0.2) is 0 Å². The first-order valence-electron chi connectivity index (χ1n) is 6.59. The number of carbonyl (C=O) groups excluding carboxylic acids is 1. The molecule has 2 atom stereocenters. The van der Waals surface area contributed by atoms with E-state index in [1.54, 1.807) is 0 Å². The molecule has 3 N–H and O–H groups in total. The lowest BCUT2D eigenvalue weighted by Gasteiger charge is -2.36. The topological polar surface area (TPSA) is 55.1 Å². The van der Waals surface area contributed by atoms with Gasteiger partial charge in [0.15, 0.2) is 0 Å². The highest BCUT2D eigenvalue weighted by Gasteiger charge is 2.32. The molecule has 0 saturated heterocycles. The van der Waals surface area contributed by atoms with Crippen LogP contribution < -0.4 is 11.1 Å². The number of nitrogens with one attached hydrogen (secondary N) is 1. The van der Waals surface area contributed by atoms with E-state index >= 15 is 0 Å². The van der Waals surface area contributed by atoms with Crippen molar-refractivity contribution in [1.29, 1.82) is 0 Å². The molecule has 1 aliphatic rings. The van der Waals surface area contributed by atoms with Crippen molar-refractivity contribution < 1.29 is 4.79 Å². The minimum absolute atomic E-state index is 0.0772. The first kappa shape index (κ1) is 14.8. The molecule has 0 bridgehead atoms. The second-order valence-electron chi connectivity index (χ2n) is 5.31. The third-order valence-corrected chi connectivity index (χ3v) is 5.40. The second kappa shape index (κ2) is 6.64. The fourth-order valence-electron chi connectivity index (χ4n) is 2.30. The van der Waals surface area contributed by atoms with Gasteiger partial charge in [0.1, 0.15) is 0 Å². The van der Waals surface area contributed by atoms with Crippen molar-refractivity contribution in [3.05, 3.63) is 0 Å². The average Bonchev–Trinajstić information content (AvgIpc) is 2.36. The molecule has 1 saturated carbocycles. The number of nitrogens with two attached hydrogens (primary N) is 1.